The van der Waals surface area contributed by atoms with Gasteiger partial charge < -0.3 is 29.5 Å². The van der Waals surface area contributed by atoms with Crippen LogP contribution in [0.4, 0.5) is 5.82 Å². The number of aliphatic hydroxyl groups is 2. The Bertz CT molecular complexity index is 1450. The van der Waals surface area contributed by atoms with Gasteiger partial charge in [-0.25, -0.2) is 9.78 Å². The second-order valence-corrected chi connectivity index (χ2v) is 13.2. The van der Waals surface area contributed by atoms with Crippen LogP contribution in [-0.4, -0.2) is 78.5 Å². The molecule has 1 aromatic heterocycles. The Balaban J connectivity index is 1.55. The average Bonchev–Trinajstić information content (AvgIpc) is 3.17. The lowest BCUT2D eigenvalue weighted by Gasteiger charge is -2.45. The monoisotopic (exact) mass is 637 g/mol. The Morgan fingerprint density at radius 2 is 2.11 bits per heavy atom. The molecule has 3 aliphatic rings. The third kappa shape index (κ3) is 6.48. The number of aryl methyl sites for hydroxylation is 1. The lowest BCUT2D eigenvalue weighted by molar-refractivity contribution is -0.168. The summed E-state index contributed by atoms with van der Waals surface area (Å²) in [7, 11) is 2.79. The number of esters is 1. The van der Waals surface area contributed by atoms with Crippen molar-refractivity contribution in [3.63, 3.8) is 0 Å². The maximum absolute atomic E-state index is 13.1. The summed E-state index contributed by atoms with van der Waals surface area (Å²) >= 11 is 6.39. The fraction of sp³-hybridized carbons (Fsp3) is 0.514. The number of carbonyl (C=O) groups excluding carboxylic acids is 2. The van der Waals surface area contributed by atoms with Gasteiger partial charge >= 0.3 is 5.97 Å². The highest BCUT2D eigenvalue weighted by molar-refractivity contribution is 6.30. The Kier molecular flexibility index (Phi) is 9.91. The Hall–Kier alpha value is -3.40. The van der Waals surface area contributed by atoms with Crippen molar-refractivity contribution in [2.24, 2.45) is 11.8 Å². The first-order valence-electron chi connectivity index (χ1n) is 15.7. The van der Waals surface area contributed by atoms with Gasteiger partial charge in [0.25, 0.3) is 0 Å². The van der Waals surface area contributed by atoms with Crippen LogP contribution in [0.2, 0.25) is 5.02 Å². The van der Waals surface area contributed by atoms with Gasteiger partial charge in [0, 0.05) is 37.1 Å². The number of amides is 1. The molecule has 2 aromatic rings. The number of hydrogen-bond donors (Lipinski definition) is 2. The zero-order valence-electron chi connectivity index (χ0n) is 26.2. The minimum absolute atomic E-state index is 0.00947. The minimum Gasteiger partial charge on any atom is -0.489 e. The van der Waals surface area contributed by atoms with Crippen LogP contribution in [-0.2, 0) is 31.8 Å². The van der Waals surface area contributed by atoms with Crippen LogP contribution in [0.25, 0.3) is 0 Å². The van der Waals surface area contributed by atoms with E-state index in [1.54, 1.807) is 25.3 Å². The number of carbonyl (C=O) groups is 2. The van der Waals surface area contributed by atoms with Gasteiger partial charge in [-0.05, 0) is 85.8 Å². The van der Waals surface area contributed by atoms with Gasteiger partial charge in [0.1, 0.15) is 0 Å². The van der Waals surface area contributed by atoms with Gasteiger partial charge in [0.2, 0.25) is 11.5 Å². The number of halogens is 1. The molecule has 242 valence electrons. The lowest BCUT2D eigenvalue weighted by Crippen LogP contribution is -2.49. The van der Waals surface area contributed by atoms with E-state index in [4.69, 9.17) is 26.1 Å². The van der Waals surface area contributed by atoms with Crippen LogP contribution in [0.5, 0.6) is 5.75 Å². The van der Waals surface area contributed by atoms with E-state index in [2.05, 4.69) is 24.1 Å². The summed E-state index contributed by atoms with van der Waals surface area (Å²) in [5, 5.41) is 23.2. The van der Waals surface area contributed by atoms with E-state index in [1.165, 1.54) is 29.2 Å². The van der Waals surface area contributed by atoms with Gasteiger partial charge in [-0.3, -0.25) is 4.79 Å². The van der Waals surface area contributed by atoms with E-state index in [9.17, 15) is 19.8 Å². The van der Waals surface area contributed by atoms with E-state index in [0.29, 0.717) is 49.3 Å². The van der Waals surface area contributed by atoms with Crippen LogP contribution < -0.4 is 9.64 Å². The van der Waals surface area contributed by atoms with Gasteiger partial charge in [0.15, 0.2) is 11.6 Å². The van der Waals surface area contributed by atoms with E-state index < -0.39 is 30.0 Å². The van der Waals surface area contributed by atoms with Crippen LogP contribution >= 0.6 is 11.6 Å². The maximum Gasteiger partial charge on any atom is 0.344 e. The smallest absolute Gasteiger partial charge is 0.344 e. The lowest BCUT2D eigenvalue weighted by atomic mass is 9.68. The summed E-state index contributed by atoms with van der Waals surface area (Å²) in [6.45, 7) is 9.48. The van der Waals surface area contributed by atoms with E-state index in [1.807, 2.05) is 12.1 Å². The predicted octanol–water partition coefficient (Wildman–Crippen LogP) is 4.57. The van der Waals surface area contributed by atoms with Gasteiger partial charge in [-0.2, -0.15) is 0 Å². The molecule has 0 saturated heterocycles. The average molecular weight is 638 g/mol. The highest BCUT2D eigenvalue weighted by atomic mass is 35.5. The van der Waals surface area contributed by atoms with Crippen LogP contribution in [0.1, 0.15) is 55.3 Å². The Morgan fingerprint density at radius 3 is 2.80 bits per heavy atom. The van der Waals surface area contributed by atoms with Crippen molar-refractivity contribution in [1.82, 2.24) is 9.88 Å². The first-order chi connectivity index (χ1) is 21.5. The predicted molar refractivity (Wildman–Crippen MR) is 173 cm³/mol. The zero-order chi connectivity index (χ0) is 32.4. The molecule has 45 heavy (non-hydrogen) atoms. The quantitative estimate of drug-likeness (QED) is 0.272. The van der Waals surface area contributed by atoms with Crippen molar-refractivity contribution in [3.05, 3.63) is 77.5 Å². The fourth-order valence-electron chi connectivity index (χ4n) is 7.14. The van der Waals surface area contributed by atoms with Gasteiger partial charge in [-0.15, -0.1) is 13.2 Å². The van der Waals surface area contributed by atoms with Crippen molar-refractivity contribution < 1.29 is 29.3 Å². The third-order valence-corrected chi connectivity index (χ3v) is 10.2. The molecule has 1 fully saturated rings. The zero-order valence-corrected chi connectivity index (χ0v) is 27.0. The molecule has 10 heteroatoms. The number of ether oxygens (including phenoxy) is 2. The SMILES string of the molecule is C=CCCN(C)C(=O)CC(O)(C(=O)OC)c1ccc2c(n1)N(C[C@@H]1CC[C@H]1C(O)C=C)CC1(CCCc3cc(Cl)ccc31)CO2. The van der Waals surface area contributed by atoms with Crippen molar-refractivity contribution in [1.29, 1.82) is 0 Å². The number of hydrogen-bond acceptors (Lipinski definition) is 8. The van der Waals surface area contributed by atoms with Crippen LogP contribution in [0.3, 0.4) is 0 Å². The summed E-state index contributed by atoms with van der Waals surface area (Å²) in [5.41, 5.74) is -0.246. The summed E-state index contributed by atoms with van der Waals surface area (Å²) in [5.74, 6) is -0.134. The highest BCUT2D eigenvalue weighted by Gasteiger charge is 2.47. The minimum atomic E-state index is -2.31. The molecule has 1 spiro atoms. The molecule has 5 atom stereocenters. The number of fused-ring (bicyclic) bond motifs is 3. The molecule has 2 aliphatic carbocycles. The van der Waals surface area contributed by atoms with Crippen LogP contribution in [0.15, 0.2) is 55.6 Å². The number of benzene rings is 1. The second kappa shape index (κ2) is 13.5. The molecule has 2 heterocycles. The molecule has 1 amide bonds. The molecule has 2 N–H and O–H groups in total. The topological polar surface area (TPSA) is 112 Å². The maximum atomic E-state index is 13.1. The van der Waals surface area contributed by atoms with Crippen molar-refractivity contribution in [2.45, 2.75) is 62.1 Å². The normalized spacial score (nSPS) is 24.1. The van der Waals surface area contributed by atoms with E-state index in [0.717, 1.165) is 32.1 Å². The number of aromatic nitrogens is 1. The first-order valence-corrected chi connectivity index (χ1v) is 16.1. The summed E-state index contributed by atoms with van der Waals surface area (Å²) in [4.78, 5) is 34.8. The third-order valence-electron chi connectivity index (χ3n) is 9.94. The number of pyridine rings is 1. The number of methoxy groups -OCH3 is 1. The molecule has 3 unspecified atom stereocenters. The summed E-state index contributed by atoms with van der Waals surface area (Å²) < 4.78 is 11.5. The van der Waals surface area contributed by atoms with E-state index >= 15 is 0 Å². The van der Waals surface area contributed by atoms with Crippen molar-refractivity contribution >= 4 is 29.3 Å². The molecule has 1 aliphatic heterocycles. The van der Waals surface area contributed by atoms with Crippen molar-refractivity contribution in [3.8, 4) is 5.75 Å². The molecule has 1 saturated carbocycles. The number of nitrogens with zero attached hydrogens (tertiary/aromatic N) is 3. The first kappa shape index (κ1) is 33.0. The van der Waals surface area contributed by atoms with Crippen molar-refractivity contribution in [2.75, 3.05) is 45.3 Å². The fourth-order valence-corrected chi connectivity index (χ4v) is 7.33. The number of aliphatic hydroxyl groups excluding tert-OH is 1. The van der Waals surface area contributed by atoms with Crippen LogP contribution in [0, 0.1) is 11.8 Å². The Labute approximate surface area is 270 Å². The Morgan fingerprint density at radius 1 is 1.31 bits per heavy atom. The molecule has 0 radical (unpaired) electrons. The summed E-state index contributed by atoms with van der Waals surface area (Å²) in [6.07, 6.45) is 7.38. The standard InChI is InChI=1S/C35H44ClN3O6/c1-5-7-17-38(3)31(41)19-35(43,33(42)44-4)30-15-14-29-32(37-30)39(20-24-10-12-26(24)28(40)6-2)21-34(22-45-29)16-8-9-23-18-25(36)11-13-27(23)34/h5-6,11,13-15,18,24,26,28,40,43H,1-2,7-10,12,16-17,19-22H2,3-4H3/t24-,26+,28?,34?,35?/m0/s1. The molecule has 0 bridgehead atoms. The second-order valence-electron chi connectivity index (χ2n) is 12.8. The summed E-state index contributed by atoms with van der Waals surface area (Å²) in [6, 6.07) is 9.31. The largest absolute Gasteiger partial charge is 0.489 e. The number of anilines is 1. The highest BCUT2D eigenvalue weighted by Crippen LogP contribution is 2.46. The van der Waals surface area contributed by atoms with Gasteiger partial charge in [0.05, 0.1) is 31.9 Å². The molecule has 5 rings (SSSR count). The molecular weight excluding hydrogens is 594 g/mol. The molecule has 1 aromatic carbocycles. The van der Waals surface area contributed by atoms with E-state index in [-0.39, 0.29) is 22.9 Å². The van der Waals surface area contributed by atoms with Gasteiger partial charge in [-0.1, -0.05) is 29.8 Å². The molecular formula is C35H44ClN3O6. The number of rotatable bonds is 11. The molecule has 9 nitrogen and oxygen atoms in total.